The predicted molar refractivity (Wildman–Crippen MR) is 132 cm³/mol. The maximum absolute atomic E-state index is 13.0. The highest BCUT2D eigenvalue weighted by molar-refractivity contribution is 6.39. The van der Waals surface area contributed by atoms with E-state index in [4.69, 9.17) is 16.3 Å². The topological polar surface area (TPSA) is 105 Å². The van der Waals surface area contributed by atoms with Crippen molar-refractivity contribution < 1.29 is 28.3 Å². The first-order valence-electron chi connectivity index (χ1n) is 10.7. The average Bonchev–Trinajstić information content (AvgIpc) is 2.85. The Bertz CT molecular complexity index is 1390. The molecule has 1 aliphatic rings. The summed E-state index contributed by atoms with van der Waals surface area (Å²) in [5.41, 5.74) is 1.69. The highest BCUT2D eigenvalue weighted by atomic mass is 35.5. The maximum atomic E-state index is 13.0. The van der Waals surface area contributed by atoms with Gasteiger partial charge in [-0.25, -0.2) is 14.1 Å². The van der Waals surface area contributed by atoms with E-state index in [1.807, 2.05) is 0 Å². The van der Waals surface area contributed by atoms with Gasteiger partial charge in [-0.05, 0) is 72.7 Å². The number of nitrogens with one attached hydrogen (secondary N) is 2. The van der Waals surface area contributed by atoms with Crippen LogP contribution in [0.15, 0.2) is 72.3 Å². The molecule has 0 spiro atoms. The van der Waals surface area contributed by atoms with E-state index in [9.17, 15) is 23.6 Å². The highest BCUT2D eigenvalue weighted by Gasteiger charge is 2.36. The number of nitrogens with zero attached hydrogens (tertiary/aromatic N) is 1. The van der Waals surface area contributed by atoms with Crippen molar-refractivity contribution in [1.29, 1.82) is 0 Å². The van der Waals surface area contributed by atoms with Gasteiger partial charge in [-0.3, -0.25) is 19.7 Å². The van der Waals surface area contributed by atoms with Gasteiger partial charge in [0.2, 0.25) is 0 Å². The van der Waals surface area contributed by atoms with Crippen LogP contribution >= 0.6 is 11.6 Å². The molecule has 1 saturated heterocycles. The summed E-state index contributed by atoms with van der Waals surface area (Å²) >= 11 is 6.13. The second kappa shape index (κ2) is 10.4. The van der Waals surface area contributed by atoms with E-state index < -0.39 is 29.6 Å². The van der Waals surface area contributed by atoms with Crippen molar-refractivity contribution in [3.63, 3.8) is 0 Å². The molecule has 10 heteroatoms. The van der Waals surface area contributed by atoms with E-state index in [1.54, 1.807) is 43.3 Å². The summed E-state index contributed by atoms with van der Waals surface area (Å²) in [6, 6.07) is 15.4. The maximum Gasteiger partial charge on any atom is 0.335 e. The fraction of sp³-hybridized carbons (Fsp3) is 0.0769. The van der Waals surface area contributed by atoms with Crippen molar-refractivity contribution >= 4 is 52.8 Å². The molecule has 3 aromatic rings. The Morgan fingerprint density at radius 3 is 2.42 bits per heavy atom. The van der Waals surface area contributed by atoms with Crippen molar-refractivity contribution in [2.45, 2.75) is 6.92 Å². The quantitative estimate of drug-likeness (QED) is 0.378. The second-order valence-corrected chi connectivity index (χ2v) is 8.21. The number of rotatable bonds is 6. The molecule has 3 aromatic carbocycles. The SMILES string of the molecule is Cc1ccc(N2C(=O)NC(=O)/C(=C\c3ccc(OCC(=O)Nc4ccc(F)cc4)cc3)C2=O)cc1Cl. The number of urea groups is 1. The molecular formula is C26H19ClFN3O5. The monoisotopic (exact) mass is 507 g/mol. The molecule has 8 nitrogen and oxygen atoms in total. The molecular weight excluding hydrogens is 489 g/mol. The summed E-state index contributed by atoms with van der Waals surface area (Å²) in [5.74, 6) is -2.08. The number of barbiturate groups is 1. The van der Waals surface area contributed by atoms with E-state index in [0.29, 0.717) is 22.0 Å². The molecule has 1 aliphatic heterocycles. The molecule has 4 rings (SSSR count). The molecule has 36 heavy (non-hydrogen) atoms. The molecule has 0 atom stereocenters. The molecule has 0 unspecified atom stereocenters. The first kappa shape index (κ1) is 24.6. The minimum absolute atomic E-state index is 0.231. The molecule has 182 valence electrons. The van der Waals surface area contributed by atoms with Crippen LogP contribution in [0.4, 0.5) is 20.6 Å². The normalized spacial score (nSPS) is 14.6. The fourth-order valence-electron chi connectivity index (χ4n) is 3.32. The lowest BCUT2D eigenvalue weighted by molar-refractivity contribution is -0.122. The van der Waals surface area contributed by atoms with Crippen LogP contribution in [0.2, 0.25) is 5.02 Å². The summed E-state index contributed by atoms with van der Waals surface area (Å²) in [6.07, 6.45) is 1.35. The third kappa shape index (κ3) is 5.59. The van der Waals surface area contributed by atoms with Gasteiger partial charge in [-0.2, -0.15) is 0 Å². The molecule has 5 amide bonds. The standard InChI is InChI=1S/C26H19ClFN3O5/c1-15-2-9-19(13-22(15)27)31-25(34)21(24(33)30-26(31)35)12-16-3-10-20(11-4-16)36-14-23(32)29-18-7-5-17(28)6-8-18/h2-13H,14H2,1H3,(H,29,32)(H,30,33,35)/b21-12+. The number of anilines is 2. The van der Waals surface area contributed by atoms with Gasteiger partial charge in [-0.1, -0.05) is 29.8 Å². The molecule has 0 saturated carbocycles. The van der Waals surface area contributed by atoms with Crippen molar-refractivity contribution in [3.05, 3.63) is 94.3 Å². The van der Waals surface area contributed by atoms with Crippen molar-refractivity contribution in [3.8, 4) is 5.75 Å². The number of halogens is 2. The lowest BCUT2D eigenvalue weighted by Crippen LogP contribution is -2.54. The van der Waals surface area contributed by atoms with Crippen LogP contribution in [-0.2, 0) is 14.4 Å². The van der Waals surface area contributed by atoms with Gasteiger partial charge in [0.25, 0.3) is 17.7 Å². The molecule has 0 aromatic heterocycles. The Kier molecular flexibility index (Phi) is 7.12. The van der Waals surface area contributed by atoms with Crippen molar-refractivity contribution in [2.24, 2.45) is 0 Å². The zero-order chi connectivity index (χ0) is 25.8. The van der Waals surface area contributed by atoms with E-state index in [2.05, 4.69) is 10.6 Å². The van der Waals surface area contributed by atoms with Gasteiger partial charge >= 0.3 is 6.03 Å². The molecule has 2 N–H and O–H groups in total. The van der Waals surface area contributed by atoms with Crippen molar-refractivity contribution in [1.82, 2.24) is 5.32 Å². The Morgan fingerprint density at radius 2 is 1.75 bits per heavy atom. The van der Waals surface area contributed by atoms with E-state index >= 15 is 0 Å². The van der Waals surface area contributed by atoms with E-state index in [0.717, 1.165) is 10.5 Å². The Morgan fingerprint density at radius 1 is 1.06 bits per heavy atom. The molecule has 1 heterocycles. The third-order valence-electron chi connectivity index (χ3n) is 5.20. The van der Waals surface area contributed by atoms with Gasteiger partial charge < -0.3 is 10.1 Å². The van der Waals surface area contributed by atoms with E-state index in [-0.39, 0.29) is 17.9 Å². The third-order valence-corrected chi connectivity index (χ3v) is 5.61. The lowest BCUT2D eigenvalue weighted by Gasteiger charge is -2.26. The van der Waals surface area contributed by atoms with Gasteiger partial charge in [0.1, 0.15) is 17.1 Å². The van der Waals surface area contributed by atoms with Gasteiger partial charge in [-0.15, -0.1) is 0 Å². The zero-order valence-corrected chi connectivity index (χ0v) is 19.6. The highest BCUT2D eigenvalue weighted by Crippen LogP contribution is 2.27. The van der Waals surface area contributed by atoms with Gasteiger partial charge in [0, 0.05) is 10.7 Å². The lowest BCUT2D eigenvalue weighted by atomic mass is 10.1. The zero-order valence-electron chi connectivity index (χ0n) is 18.9. The number of imide groups is 2. The second-order valence-electron chi connectivity index (χ2n) is 7.80. The molecule has 0 bridgehead atoms. The predicted octanol–water partition coefficient (Wildman–Crippen LogP) is 4.47. The number of hydrogen-bond donors (Lipinski definition) is 2. The number of aryl methyl sites for hydroxylation is 1. The average molecular weight is 508 g/mol. The van der Waals surface area contributed by atoms with Crippen LogP contribution < -0.4 is 20.3 Å². The summed E-state index contributed by atoms with van der Waals surface area (Å²) in [4.78, 5) is 50.6. The van der Waals surface area contributed by atoms with Crippen LogP contribution in [0.5, 0.6) is 5.75 Å². The van der Waals surface area contributed by atoms with Crippen LogP contribution in [0.3, 0.4) is 0 Å². The van der Waals surface area contributed by atoms with Crippen LogP contribution in [0.1, 0.15) is 11.1 Å². The minimum atomic E-state index is -0.871. The molecule has 1 fully saturated rings. The molecule has 0 radical (unpaired) electrons. The van der Waals surface area contributed by atoms with Crippen molar-refractivity contribution in [2.75, 3.05) is 16.8 Å². The van der Waals surface area contributed by atoms with Crippen LogP contribution in [0.25, 0.3) is 6.08 Å². The largest absolute Gasteiger partial charge is 0.484 e. The fourth-order valence-corrected chi connectivity index (χ4v) is 3.49. The Hall–Kier alpha value is -4.50. The minimum Gasteiger partial charge on any atom is -0.484 e. The summed E-state index contributed by atoms with van der Waals surface area (Å²) in [7, 11) is 0. The van der Waals surface area contributed by atoms with Crippen LogP contribution in [-0.4, -0.2) is 30.4 Å². The van der Waals surface area contributed by atoms with Crippen LogP contribution in [0, 0.1) is 12.7 Å². The number of carbonyl (C=O) groups is 4. The Balaban J connectivity index is 1.44. The number of amides is 5. The Labute approximate surface area is 210 Å². The smallest absolute Gasteiger partial charge is 0.335 e. The molecule has 0 aliphatic carbocycles. The number of hydrogen-bond acceptors (Lipinski definition) is 5. The summed E-state index contributed by atoms with van der Waals surface area (Å²) < 4.78 is 18.4. The summed E-state index contributed by atoms with van der Waals surface area (Å²) in [5, 5.41) is 5.11. The van der Waals surface area contributed by atoms with E-state index in [1.165, 1.54) is 36.4 Å². The number of benzene rings is 3. The van der Waals surface area contributed by atoms with Gasteiger partial charge in [0.15, 0.2) is 6.61 Å². The first-order chi connectivity index (χ1) is 17.2. The number of carbonyl (C=O) groups excluding carboxylic acids is 4. The number of ether oxygens (including phenoxy) is 1. The summed E-state index contributed by atoms with van der Waals surface area (Å²) in [6.45, 7) is 1.50. The first-order valence-corrected chi connectivity index (χ1v) is 11.0. The van der Waals surface area contributed by atoms with Gasteiger partial charge in [0.05, 0.1) is 5.69 Å².